The van der Waals surface area contributed by atoms with Crippen LogP contribution in [0.15, 0.2) is 66.1 Å². The van der Waals surface area contributed by atoms with Crippen molar-refractivity contribution in [2.75, 3.05) is 21.3 Å². The van der Waals surface area contributed by atoms with E-state index in [-0.39, 0.29) is 0 Å². The second kappa shape index (κ2) is 8.45. The largest absolute Gasteiger partial charge is 0.497 e. The third-order valence-corrected chi connectivity index (χ3v) is 5.59. The lowest BCUT2D eigenvalue weighted by Crippen LogP contribution is -1.98. The first-order chi connectivity index (χ1) is 14.2. The standard InChI is InChI=1S/C22H21N3O3S/c1-26-17-7-4-15(5-8-17)14-29-22-24-18(13-21-23-10-11-25(21)22)16-6-9-19(27-2)20(12-16)28-3/h4-13H,14H2,1-3H3. The first kappa shape index (κ1) is 19.1. The Morgan fingerprint density at radius 1 is 0.897 bits per heavy atom. The van der Waals surface area contributed by atoms with Crippen molar-refractivity contribution in [1.29, 1.82) is 0 Å². The number of nitrogens with zero attached hydrogens (tertiary/aromatic N) is 3. The molecule has 2 heterocycles. The second-order valence-electron chi connectivity index (χ2n) is 6.29. The summed E-state index contributed by atoms with van der Waals surface area (Å²) in [6.45, 7) is 0. The summed E-state index contributed by atoms with van der Waals surface area (Å²) >= 11 is 1.66. The van der Waals surface area contributed by atoms with Gasteiger partial charge >= 0.3 is 0 Å². The van der Waals surface area contributed by atoms with Crippen LogP contribution in [0.25, 0.3) is 16.9 Å². The quantitative estimate of drug-likeness (QED) is 0.327. The smallest absolute Gasteiger partial charge is 0.174 e. The van der Waals surface area contributed by atoms with Crippen molar-refractivity contribution in [2.24, 2.45) is 0 Å². The highest BCUT2D eigenvalue weighted by Gasteiger charge is 2.12. The Morgan fingerprint density at radius 2 is 1.69 bits per heavy atom. The fraction of sp³-hybridized carbons (Fsp3) is 0.182. The lowest BCUT2D eigenvalue weighted by atomic mass is 10.1. The molecule has 2 aromatic heterocycles. The van der Waals surface area contributed by atoms with Crippen molar-refractivity contribution in [1.82, 2.24) is 14.4 Å². The molecule has 0 spiro atoms. The van der Waals surface area contributed by atoms with Gasteiger partial charge in [-0.2, -0.15) is 0 Å². The van der Waals surface area contributed by atoms with Crippen LogP contribution < -0.4 is 14.2 Å². The molecule has 0 bridgehead atoms. The first-order valence-corrected chi connectivity index (χ1v) is 10.0. The number of aromatic nitrogens is 3. The molecule has 0 aliphatic carbocycles. The summed E-state index contributed by atoms with van der Waals surface area (Å²) in [5, 5.41) is 0.876. The maximum absolute atomic E-state index is 5.44. The highest BCUT2D eigenvalue weighted by Crippen LogP contribution is 2.33. The van der Waals surface area contributed by atoms with E-state index in [1.165, 1.54) is 5.56 Å². The number of benzene rings is 2. The molecular formula is C22H21N3O3S. The zero-order valence-electron chi connectivity index (χ0n) is 16.5. The number of methoxy groups -OCH3 is 3. The molecule has 0 saturated carbocycles. The summed E-state index contributed by atoms with van der Waals surface area (Å²) < 4.78 is 18.0. The Bertz CT molecular complexity index is 1130. The van der Waals surface area contributed by atoms with Crippen LogP contribution in [-0.2, 0) is 5.75 Å². The minimum atomic E-state index is 0.669. The summed E-state index contributed by atoms with van der Waals surface area (Å²) in [7, 11) is 4.92. The highest BCUT2D eigenvalue weighted by atomic mass is 32.2. The molecule has 0 radical (unpaired) electrons. The maximum Gasteiger partial charge on any atom is 0.174 e. The van der Waals surface area contributed by atoms with Crippen molar-refractivity contribution in [3.05, 3.63) is 66.5 Å². The van der Waals surface area contributed by atoms with Crippen molar-refractivity contribution in [2.45, 2.75) is 10.9 Å². The van der Waals surface area contributed by atoms with Gasteiger partial charge < -0.3 is 14.2 Å². The summed E-state index contributed by atoms with van der Waals surface area (Å²) in [5.41, 5.74) is 3.82. The number of thioether (sulfide) groups is 1. The number of hydrogen-bond donors (Lipinski definition) is 0. The third-order valence-electron chi connectivity index (χ3n) is 4.56. The van der Waals surface area contributed by atoms with Gasteiger partial charge in [0.1, 0.15) is 11.4 Å². The van der Waals surface area contributed by atoms with Crippen LogP contribution in [0.5, 0.6) is 17.2 Å². The van der Waals surface area contributed by atoms with E-state index in [4.69, 9.17) is 19.2 Å². The Labute approximate surface area is 173 Å². The molecule has 0 atom stereocenters. The number of imidazole rings is 1. The van der Waals surface area contributed by atoms with Crippen LogP contribution in [0.4, 0.5) is 0 Å². The molecule has 0 amide bonds. The third kappa shape index (κ3) is 4.00. The Morgan fingerprint density at radius 3 is 2.41 bits per heavy atom. The lowest BCUT2D eigenvalue weighted by molar-refractivity contribution is 0.355. The van der Waals surface area contributed by atoms with E-state index in [0.717, 1.165) is 33.6 Å². The van der Waals surface area contributed by atoms with E-state index in [9.17, 15) is 0 Å². The fourth-order valence-electron chi connectivity index (χ4n) is 3.01. The maximum atomic E-state index is 5.44. The Hall–Kier alpha value is -3.19. The molecule has 0 N–H and O–H groups in total. The van der Waals surface area contributed by atoms with Crippen molar-refractivity contribution >= 4 is 17.4 Å². The van der Waals surface area contributed by atoms with E-state index in [2.05, 4.69) is 17.1 Å². The van der Waals surface area contributed by atoms with Crippen LogP contribution in [0.1, 0.15) is 5.56 Å². The van der Waals surface area contributed by atoms with Gasteiger partial charge in [-0.1, -0.05) is 23.9 Å². The van der Waals surface area contributed by atoms with Crippen LogP contribution >= 0.6 is 11.8 Å². The number of hydrogen-bond acceptors (Lipinski definition) is 6. The van der Waals surface area contributed by atoms with Gasteiger partial charge in [-0.15, -0.1) is 0 Å². The highest BCUT2D eigenvalue weighted by molar-refractivity contribution is 7.98. The number of fused-ring (bicyclic) bond motifs is 1. The number of ether oxygens (including phenoxy) is 3. The molecule has 0 unspecified atom stereocenters. The molecule has 29 heavy (non-hydrogen) atoms. The molecule has 0 fully saturated rings. The molecule has 0 aliphatic heterocycles. The van der Waals surface area contributed by atoms with Crippen LogP contribution in [-0.4, -0.2) is 35.7 Å². The molecule has 4 aromatic rings. The van der Waals surface area contributed by atoms with Crippen molar-refractivity contribution < 1.29 is 14.2 Å². The van der Waals surface area contributed by atoms with E-state index >= 15 is 0 Å². The first-order valence-electron chi connectivity index (χ1n) is 9.04. The molecule has 6 nitrogen and oxygen atoms in total. The molecule has 7 heteroatoms. The molecule has 4 rings (SSSR count). The zero-order valence-corrected chi connectivity index (χ0v) is 17.3. The normalized spacial score (nSPS) is 10.9. The number of rotatable bonds is 7. The van der Waals surface area contributed by atoms with E-state index in [1.807, 2.05) is 47.0 Å². The summed E-state index contributed by atoms with van der Waals surface area (Å²) in [6.07, 6.45) is 3.71. The van der Waals surface area contributed by atoms with Gasteiger partial charge in [-0.25, -0.2) is 9.97 Å². The van der Waals surface area contributed by atoms with Crippen LogP contribution in [0, 0.1) is 0 Å². The predicted octanol–water partition coefficient (Wildman–Crippen LogP) is 4.71. The lowest BCUT2D eigenvalue weighted by Gasteiger charge is -2.11. The van der Waals surface area contributed by atoms with Gasteiger partial charge in [0, 0.05) is 29.8 Å². The summed E-state index contributed by atoms with van der Waals surface area (Å²) in [4.78, 5) is 9.34. The molecule has 2 aromatic carbocycles. The van der Waals surface area contributed by atoms with E-state index in [1.54, 1.807) is 39.3 Å². The molecule has 0 saturated heterocycles. The topological polar surface area (TPSA) is 57.9 Å². The van der Waals surface area contributed by atoms with Crippen molar-refractivity contribution in [3.8, 4) is 28.5 Å². The van der Waals surface area contributed by atoms with Crippen molar-refractivity contribution in [3.63, 3.8) is 0 Å². The molecular weight excluding hydrogens is 386 g/mol. The minimum absolute atomic E-state index is 0.669. The Kier molecular flexibility index (Phi) is 5.57. The van der Waals surface area contributed by atoms with Crippen LogP contribution in [0.3, 0.4) is 0 Å². The fourth-order valence-corrected chi connectivity index (χ4v) is 3.95. The van der Waals surface area contributed by atoms with Gasteiger partial charge in [0.05, 0.1) is 27.0 Å². The van der Waals surface area contributed by atoms with Gasteiger partial charge in [-0.05, 0) is 35.9 Å². The van der Waals surface area contributed by atoms with Gasteiger partial charge in [0.2, 0.25) is 0 Å². The molecule has 0 aliphatic rings. The predicted molar refractivity (Wildman–Crippen MR) is 114 cm³/mol. The average Bonchev–Trinajstić information content (AvgIpc) is 3.26. The minimum Gasteiger partial charge on any atom is -0.497 e. The zero-order chi connectivity index (χ0) is 20.2. The second-order valence-corrected chi connectivity index (χ2v) is 7.23. The summed E-state index contributed by atoms with van der Waals surface area (Å²) in [6, 6.07) is 15.8. The van der Waals surface area contributed by atoms with Gasteiger partial charge in [0.15, 0.2) is 16.7 Å². The monoisotopic (exact) mass is 407 g/mol. The van der Waals surface area contributed by atoms with Gasteiger partial charge in [-0.3, -0.25) is 4.40 Å². The molecule has 148 valence electrons. The summed E-state index contributed by atoms with van der Waals surface area (Å²) in [5.74, 6) is 3.00. The van der Waals surface area contributed by atoms with Gasteiger partial charge in [0.25, 0.3) is 0 Å². The SMILES string of the molecule is COc1ccc(CSc2nc(-c3ccc(OC)c(OC)c3)cc3nccn23)cc1. The van der Waals surface area contributed by atoms with E-state index < -0.39 is 0 Å². The Balaban J connectivity index is 1.66. The van der Waals surface area contributed by atoms with Crippen LogP contribution in [0.2, 0.25) is 0 Å². The average molecular weight is 407 g/mol. The van der Waals surface area contributed by atoms with E-state index in [0.29, 0.717) is 11.5 Å².